The van der Waals surface area contributed by atoms with Crippen molar-refractivity contribution in [2.75, 3.05) is 20.2 Å². The van der Waals surface area contributed by atoms with Crippen LogP contribution in [0.25, 0.3) is 0 Å². The Hall–Kier alpha value is -2.13. The van der Waals surface area contributed by atoms with Gasteiger partial charge in [0.15, 0.2) is 0 Å². The molecular formula is C24H30FNO. The Morgan fingerprint density at radius 3 is 2.59 bits per heavy atom. The van der Waals surface area contributed by atoms with Gasteiger partial charge >= 0.3 is 0 Å². The van der Waals surface area contributed by atoms with Gasteiger partial charge in [-0.05, 0) is 74.0 Å². The largest absolute Gasteiger partial charge is 0.496 e. The zero-order chi connectivity index (χ0) is 19.2. The topological polar surface area (TPSA) is 21.3 Å². The van der Waals surface area contributed by atoms with Crippen LogP contribution in [-0.2, 0) is 12.8 Å². The Labute approximate surface area is 162 Å². The summed E-state index contributed by atoms with van der Waals surface area (Å²) in [6.45, 7) is 6.35. The number of aryl methyl sites for hydroxylation is 2. The van der Waals surface area contributed by atoms with E-state index in [4.69, 9.17) is 4.74 Å². The first-order valence-electron chi connectivity index (χ1n) is 9.92. The molecule has 27 heavy (non-hydrogen) atoms. The molecule has 3 rings (SSSR count). The van der Waals surface area contributed by atoms with E-state index in [1.165, 1.54) is 27.8 Å². The van der Waals surface area contributed by atoms with Crippen molar-refractivity contribution in [3.8, 4) is 5.75 Å². The van der Waals surface area contributed by atoms with Crippen molar-refractivity contribution in [2.24, 2.45) is 0 Å². The average Bonchev–Trinajstić information content (AvgIpc) is 2.88. The number of ether oxygens (including phenoxy) is 1. The Balaban J connectivity index is 1.77. The number of methoxy groups -OCH3 is 1. The van der Waals surface area contributed by atoms with E-state index in [0.29, 0.717) is 5.92 Å². The van der Waals surface area contributed by atoms with Crippen molar-refractivity contribution in [3.63, 3.8) is 0 Å². The van der Waals surface area contributed by atoms with Crippen LogP contribution in [0.2, 0.25) is 0 Å². The van der Waals surface area contributed by atoms with Crippen molar-refractivity contribution in [1.29, 1.82) is 0 Å². The third-order valence-electron chi connectivity index (χ3n) is 5.74. The second-order valence-corrected chi connectivity index (χ2v) is 7.36. The number of allylic oxidation sites excluding steroid dienone is 1. The summed E-state index contributed by atoms with van der Waals surface area (Å²) < 4.78 is 18.7. The van der Waals surface area contributed by atoms with Crippen LogP contribution in [-0.4, -0.2) is 20.2 Å². The van der Waals surface area contributed by atoms with Gasteiger partial charge in [-0.25, -0.2) is 4.39 Å². The highest BCUT2D eigenvalue weighted by atomic mass is 19.1. The van der Waals surface area contributed by atoms with E-state index in [2.05, 4.69) is 37.4 Å². The van der Waals surface area contributed by atoms with E-state index in [0.717, 1.165) is 44.5 Å². The summed E-state index contributed by atoms with van der Waals surface area (Å²) in [5.41, 5.74) is 6.76. The molecular weight excluding hydrogens is 337 g/mol. The highest BCUT2D eigenvalue weighted by Gasteiger charge is 2.20. The predicted octanol–water partition coefficient (Wildman–Crippen LogP) is 5.42. The SMILES string of the molecule is CCc1cc(CCC2=C(C)C(c3ccc(F)cc3)CCNC2)ccc1OC. The van der Waals surface area contributed by atoms with Crippen LogP contribution in [0.1, 0.15) is 49.3 Å². The first-order chi connectivity index (χ1) is 13.1. The number of rotatable bonds is 6. The van der Waals surface area contributed by atoms with Gasteiger partial charge in [0.25, 0.3) is 0 Å². The van der Waals surface area contributed by atoms with E-state index in [-0.39, 0.29) is 5.82 Å². The summed E-state index contributed by atoms with van der Waals surface area (Å²) in [6.07, 6.45) is 4.11. The minimum absolute atomic E-state index is 0.168. The summed E-state index contributed by atoms with van der Waals surface area (Å²) in [6, 6.07) is 13.6. The molecule has 0 aromatic heterocycles. The van der Waals surface area contributed by atoms with E-state index in [1.54, 1.807) is 19.2 Å². The summed E-state index contributed by atoms with van der Waals surface area (Å²) in [5, 5.41) is 3.56. The van der Waals surface area contributed by atoms with Crippen LogP contribution >= 0.6 is 0 Å². The Morgan fingerprint density at radius 1 is 1.11 bits per heavy atom. The number of halogens is 1. The molecule has 0 amide bonds. The average molecular weight is 368 g/mol. The van der Waals surface area contributed by atoms with Crippen LogP contribution in [0.15, 0.2) is 53.6 Å². The highest BCUT2D eigenvalue weighted by molar-refractivity contribution is 5.38. The van der Waals surface area contributed by atoms with Crippen molar-refractivity contribution < 1.29 is 9.13 Å². The van der Waals surface area contributed by atoms with Crippen LogP contribution in [0.4, 0.5) is 4.39 Å². The lowest BCUT2D eigenvalue weighted by atomic mass is 9.86. The van der Waals surface area contributed by atoms with Gasteiger partial charge < -0.3 is 10.1 Å². The fraction of sp³-hybridized carbons (Fsp3) is 0.417. The molecule has 0 fully saturated rings. The predicted molar refractivity (Wildman–Crippen MR) is 110 cm³/mol. The zero-order valence-electron chi connectivity index (χ0n) is 16.6. The van der Waals surface area contributed by atoms with Crippen LogP contribution in [0.3, 0.4) is 0 Å². The monoisotopic (exact) mass is 367 g/mol. The molecule has 0 saturated heterocycles. The lowest BCUT2D eigenvalue weighted by Gasteiger charge is -2.19. The molecule has 0 spiro atoms. The Kier molecular flexibility index (Phi) is 6.68. The van der Waals surface area contributed by atoms with Gasteiger partial charge in [0.2, 0.25) is 0 Å². The third-order valence-corrected chi connectivity index (χ3v) is 5.74. The molecule has 2 aromatic rings. The van der Waals surface area contributed by atoms with Crippen LogP contribution in [0.5, 0.6) is 5.75 Å². The molecule has 144 valence electrons. The number of benzene rings is 2. The molecule has 0 aliphatic carbocycles. The summed E-state index contributed by atoms with van der Waals surface area (Å²) in [4.78, 5) is 0. The number of nitrogens with one attached hydrogen (secondary N) is 1. The molecule has 1 unspecified atom stereocenters. The molecule has 1 N–H and O–H groups in total. The van der Waals surface area contributed by atoms with Gasteiger partial charge in [0.1, 0.15) is 11.6 Å². The van der Waals surface area contributed by atoms with E-state index in [9.17, 15) is 4.39 Å². The maximum absolute atomic E-state index is 13.3. The maximum Gasteiger partial charge on any atom is 0.123 e. The van der Waals surface area contributed by atoms with Gasteiger partial charge in [-0.1, -0.05) is 42.3 Å². The number of hydrogen-bond acceptors (Lipinski definition) is 2. The van der Waals surface area contributed by atoms with Crippen molar-refractivity contribution in [2.45, 2.75) is 45.4 Å². The van der Waals surface area contributed by atoms with E-state index >= 15 is 0 Å². The second kappa shape index (κ2) is 9.18. The molecule has 0 radical (unpaired) electrons. The van der Waals surface area contributed by atoms with Crippen molar-refractivity contribution in [3.05, 3.63) is 76.1 Å². The van der Waals surface area contributed by atoms with Crippen LogP contribution in [0, 0.1) is 5.82 Å². The molecule has 1 aliphatic heterocycles. The van der Waals surface area contributed by atoms with Gasteiger partial charge in [0.05, 0.1) is 7.11 Å². The smallest absolute Gasteiger partial charge is 0.123 e. The van der Waals surface area contributed by atoms with Gasteiger partial charge in [-0.3, -0.25) is 0 Å². The van der Waals surface area contributed by atoms with Crippen molar-refractivity contribution in [1.82, 2.24) is 5.32 Å². The fourth-order valence-corrected chi connectivity index (χ4v) is 4.04. The van der Waals surface area contributed by atoms with E-state index < -0.39 is 0 Å². The Bertz CT molecular complexity index is 795. The Morgan fingerprint density at radius 2 is 1.89 bits per heavy atom. The summed E-state index contributed by atoms with van der Waals surface area (Å²) in [5.74, 6) is 1.18. The third kappa shape index (κ3) is 4.78. The van der Waals surface area contributed by atoms with Gasteiger partial charge in [-0.2, -0.15) is 0 Å². The van der Waals surface area contributed by atoms with Crippen LogP contribution < -0.4 is 10.1 Å². The van der Waals surface area contributed by atoms with Gasteiger partial charge in [-0.15, -0.1) is 0 Å². The lowest BCUT2D eigenvalue weighted by molar-refractivity contribution is 0.410. The summed E-state index contributed by atoms with van der Waals surface area (Å²) >= 11 is 0. The van der Waals surface area contributed by atoms with Crippen molar-refractivity contribution >= 4 is 0 Å². The van der Waals surface area contributed by atoms with E-state index in [1.807, 2.05) is 12.1 Å². The van der Waals surface area contributed by atoms with Gasteiger partial charge in [0, 0.05) is 12.5 Å². The minimum Gasteiger partial charge on any atom is -0.496 e. The lowest BCUT2D eigenvalue weighted by Crippen LogP contribution is -2.16. The second-order valence-electron chi connectivity index (χ2n) is 7.36. The quantitative estimate of drug-likeness (QED) is 0.688. The fourth-order valence-electron chi connectivity index (χ4n) is 4.04. The molecule has 3 heteroatoms. The molecule has 2 aromatic carbocycles. The normalized spacial score (nSPS) is 17.7. The first-order valence-corrected chi connectivity index (χ1v) is 9.92. The molecule has 0 bridgehead atoms. The number of hydrogen-bond donors (Lipinski definition) is 1. The molecule has 2 nitrogen and oxygen atoms in total. The first kappa shape index (κ1) is 19.6. The zero-order valence-corrected chi connectivity index (χ0v) is 16.6. The molecule has 1 atom stereocenters. The molecule has 0 saturated carbocycles. The highest BCUT2D eigenvalue weighted by Crippen LogP contribution is 2.32. The maximum atomic E-state index is 13.3. The summed E-state index contributed by atoms with van der Waals surface area (Å²) in [7, 11) is 1.73. The minimum atomic E-state index is -0.168. The standard InChI is InChI=1S/C24H30FNO/c1-4-19-15-18(6-12-24(19)27-3)5-7-21-16-26-14-13-23(17(21)2)20-8-10-22(25)11-9-20/h6,8-12,15,23,26H,4-5,7,13-14,16H2,1-3H3. The molecule has 1 heterocycles. The molecule has 1 aliphatic rings.